The summed E-state index contributed by atoms with van der Waals surface area (Å²) in [5.41, 5.74) is 6.35. The summed E-state index contributed by atoms with van der Waals surface area (Å²) in [5, 5.41) is 6.54. The van der Waals surface area contributed by atoms with Crippen molar-refractivity contribution in [1.82, 2.24) is 19.8 Å². The average molecular weight is 275 g/mol. The SMILES string of the molecule is Cc1[nH]nc(CN)c1S(=O)(=O)NC(C)CN(C)C. The van der Waals surface area contributed by atoms with E-state index in [9.17, 15) is 8.42 Å². The van der Waals surface area contributed by atoms with Gasteiger partial charge in [0, 0.05) is 19.1 Å². The molecular formula is C10H21N5O2S. The predicted molar refractivity (Wildman–Crippen MR) is 69.6 cm³/mol. The molecule has 1 aromatic rings. The summed E-state index contributed by atoms with van der Waals surface area (Å²) in [6.45, 7) is 4.18. The minimum atomic E-state index is -3.59. The van der Waals surface area contributed by atoms with Gasteiger partial charge in [0.1, 0.15) is 4.90 Å². The zero-order valence-electron chi connectivity index (χ0n) is 11.2. The smallest absolute Gasteiger partial charge is 0.244 e. The van der Waals surface area contributed by atoms with E-state index in [1.54, 1.807) is 6.92 Å². The molecule has 1 unspecified atom stereocenters. The lowest BCUT2D eigenvalue weighted by molar-refractivity contribution is 0.370. The summed E-state index contributed by atoms with van der Waals surface area (Å²) in [5.74, 6) is 0. The van der Waals surface area contributed by atoms with E-state index in [1.807, 2.05) is 25.9 Å². The Hall–Kier alpha value is -0.960. The Balaban J connectivity index is 2.96. The molecule has 0 amide bonds. The largest absolute Gasteiger partial charge is 0.325 e. The van der Waals surface area contributed by atoms with Crippen molar-refractivity contribution in [1.29, 1.82) is 0 Å². The van der Waals surface area contributed by atoms with Crippen LogP contribution in [0.2, 0.25) is 0 Å². The van der Waals surface area contributed by atoms with E-state index >= 15 is 0 Å². The molecule has 0 aliphatic rings. The molecule has 4 N–H and O–H groups in total. The van der Waals surface area contributed by atoms with Crippen LogP contribution in [-0.4, -0.2) is 50.2 Å². The summed E-state index contributed by atoms with van der Waals surface area (Å²) in [6.07, 6.45) is 0. The molecule has 0 radical (unpaired) electrons. The van der Waals surface area contributed by atoms with Crippen molar-refractivity contribution in [2.24, 2.45) is 5.73 Å². The first-order valence-electron chi connectivity index (χ1n) is 5.69. The number of rotatable bonds is 6. The Labute approximate surface area is 108 Å². The third-order valence-electron chi connectivity index (χ3n) is 2.42. The highest BCUT2D eigenvalue weighted by Crippen LogP contribution is 2.17. The van der Waals surface area contributed by atoms with Gasteiger partial charge in [-0.2, -0.15) is 5.10 Å². The number of hydrogen-bond donors (Lipinski definition) is 3. The van der Waals surface area contributed by atoms with Crippen molar-refractivity contribution >= 4 is 10.0 Å². The van der Waals surface area contributed by atoms with Crippen LogP contribution in [0, 0.1) is 6.92 Å². The van der Waals surface area contributed by atoms with Crippen LogP contribution in [-0.2, 0) is 16.6 Å². The number of hydrogen-bond acceptors (Lipinski definition) is 5. The summed E-state index contributed by atoms with van der Waals surface area (Å²) in [4.78, 5) is 2.08. The molecule has 1 rings (SSSR count). The topological polar surface area (TPSA) is 104 Å². The van der Waals surface area contributed by atoms with Gasteiger partial charge in [0.05, 0.1) is 11.4 Å². The fraction of sp³-hybridized carbons (Fsp3) is 0.700. The van der Waals surface area contributed by atoms with Crippen molar-refractivity contribution in [2.75, 3.05) is 20.6 Å². The molecule has 8 heteroatoms. The van der Waals surface area contributed by atoms with Crippen LogP contribution < -0.4 is 10.5 Å². The normalized spacial score (nSPS) is 14.1. The van der Waals surface area contributed by atoms with Crippen LogP contribution in [0.4, 0.5) is 0 Å². The van der Waals surface area contributed by atoms with Crippen LogP contribution >= 0.6 is 0 Å². The molecule has 0 aromatic carbocycles. The summed E-state index contributed by atoms with van der Waals surface area (Å²) in [6, 6.07) is -0.190. The molecular weight excluding hydrogens is 254 g/mol. The van der Waals surface area contributed by atoms with E-state index in [0.717, 1.165) is 0 Å². The fourth-order valence-electron chi connectivity index (χ4n) is 1.87. The number of aromatic amines is 1. The first kappa shape index (κ1) is 15.1. The summed E-state index contributed by atoms with van der Waals surface area (Å²) < 4.78 is 27.1. The highest BCUT2D eigenvalue weighted by molar-refractivity contribution is 7.89. The molecule has 104 valence electrons. The Morgan fingerprint density at radius 3 is 2.61 bits per heavy atom. The average Bonchev–Trinajstić information content (AvgIpc) is 2.57. The molecule has 0 saturated carbocycles. The molecule has 0 spiro atoms. The predicted octanol–water partition coefficient (Wildman–Crippen LogP) is -0.595. The molecule has 0 fully saturated rings. The molecule has 0 aliphatic heterocycles. The zero-order chi connectivity index (χ0) is 13.9. The van der Waals surface area contributed by atoms with Crippen molar-refractivity contribution < 1.29 is 8.42 Å². The minimum Gasteiger partial charge on any atom is -0.325 e. The molecule has 7 nitrogen and oxygen atoms in total. The first-order valence-corrected chi connectivity index (χ1v) is 7.17. The number of aryl methyl sites for hydroxylation is 1. The monoisotopic (exact) mass is 275 g/mol. The molecule has 0 saturated heterocycles. The summed E-state index contributed by atoms with van der Waals surface area (Å²) >= 11 is 0. The minimum absolute atomic E-state index is 0.0860. The van der Waals surface area contributed by atoms with Crippen molar-refractivity contribution in [2.45, 2.75) is 31.3 Å². The standard InChI is InChI=1S/C10H21N5O2S/c1-7(6-15(3)4)14-18(16,17)10-8(2)12-13-9(10)5-11/h7,14H,5-6,11H2,1-4H3,(H,12,13). The quantitative estimate of drug-likeness (QED) is 0.643. The van der Waals surface area contributed by atoms with Gasteiger partial charge in [0.15, 0.2) is 0 Å². The van der Waals surface area contributed by atoms with Gasteiger partial charge in [-0.25, -0.2) is 13.1 Å². The Morgan fingerprint density at radius 2 is 2.11 bits per heavy atom. The molecule has 0 bridgehead atoms. The maximum absolute atomic E-state index is 12.2. The zero-order valence-corrected chi connectivity index (χ0v) is 12.0. The van der Waals surface area contributed by atoms with Crippen LogP contribution in [0.3, 0.4) is 0 Å². The van der Waals surface area contributed by atoms with E-state index in [0.29, 0.717) is 17.9 Å². The molecule has 1 aromatic heterocycles. The van der Waals surface area contributed by atoms with Crippen LogP contribution in [0.1, 0.15) is 18.3 Å². The van der Waals surface area contributed by atoms with E-state index in [4.69, 9.17) is 5.73 Å². The third kappa shape index (κ3) is 3.52. The number of likely N-dealkylation sites (N-methyl/N-ethyl adjacent to an activating group) is 1. The van der Waals surface area contributed by atoms with Crippen LogP contribution in [0.15, 0.2) is 4.90 Å². The van der Waals surface area contributed by atoms with Gasteiger partial charge in [0.25, 0.3) is 0 Å². The van der Waals surface area contributed by atoms with Gasteiger partial charge in [-0.3, -0.25) is 5.10 Å². The van der Waals surface area contributed by atoms with Gasteiger partial charge in [-0.05, 0) is 27.9 Å². The Kier molecular flexibility index (Phi) is 4.85. The first-order chi connectivity index (χ1) is 8.27. The van der Waals surface area contributed by atoms with Crippen molar-refractivity contribution in [3.63, 3.8) is 0 Å². The van der Waals surface area contributed by atoms with E-state index < -0.39 is 10.0 Å². The lowest BCUT2D eigenvalue weighted by Crippen LogP contribution is -2.39. The number of H-pyrrole nitrogens is 1. The van der Waals surface area contributed by atoms with Crippen molar-refractivity contribution in [3.05, 3.63) is 11.4 Å². The number of aromatic nitrogens is 2. The maximum atomic E-state index is 12.2. The van der Waals surface area contributed by atoms with Gasteiger partial charge < -0.3 is 10.6 Å². The number of nitrogens with one attached hydrogen (secondary N) is 2. The van der Waals surface area contributed by atoms with Gasteiger partial charge in [-0.1, -0.05) is 0 Å². The number of nitrogens with zero attached hydrogens (tertiary/aromatic N) is 2. The Morgan fingerprint density at radius 1 is 1.50 bits per heavy atom. The molecule has 1 atom stereocenters. The van der Waals surface area contributed by atoms with Gasteiger partial charge in [0.2, 0.25) is 10.0 Å². The van der Waals surface area contributed by atoms with E-state index in [1.165, 1.54) is 0 Å². The highest BCUT2D eigenvalue weighted by Gasteiger charge is 2.25. The van der Waals surface area contributed by atoms with Gasteiger partial charge in [-0.15, -0.1) is 0 Å². The second-order valence-electron chi connectivity index (χ2n) is 4.61. The van der Waals surface area contributed by atoms with E-state index in [2.05, 4.69) is 14.9 Å². The Bertz CT molecular complexity index is 494. The lowest BCUT2D eigenvalue weighted by atomic mass is 10.3. The van der Waals surface area contributed by atoms with Crippen LogP contribution in [0.5, 0.6) is 0 Å². The van der Waals surface area contributed by atoms with Crippen LogP contribution in [0.25, 0.3) is 0 Å². The van der Waals surface area contributed by atoms with Crippen molar-refractivity contribution in [3.8, 4) is 0 Å². The highest BCUT2D eigenvalue weighted by atomic mass is 32.2. The van der Waals surface area contributed by atoms with Gasteiger partial charge >= 0.3 is 0 Å². The molecule has 18 heavy (non-hydrogen) atoms. The summed E-state index contributed by atoms with van der Waals surface area (Å²) in [7, 11) is 0.191. The second kappa shape index (κ2) is 5.79. The lowest BCUT2D eigenvalue weighted by Gasteiger charge is -2.18. The molecule has 0 aliphatic carbocycles. The molecule has 1 heterocycles. The van der Waals surface area contributed by atoms with E-state index in [-0.39, 0.29) is 17.5 Å². The maximum Gasteiger partial charge on any atom is 0.244 e. The third-order valence-corrected chi connectivity index (χ3v) is 4.21. The number of nitrogens with two attached hydrogens (primary N) is 1. The number of sulfonamides is 1. The second-order valence-corrected chi connectivity index (χ2v) is 6.26. The fourth-order valence-corrected chi connectivity index (χ4v) is 3.48.